The first-order valence-electron chi connectivity index (χ1n) is 8.65. The zero-order valence-corrected chi connectivity index (χ0v) is 12.8. The van der Waals surface area contributed by atoms with Crippen LogP contribution >= 0.6 is 0 Å². The van der Waals surface area contributed by atoms with E-state index in [1.807, 2.05) is 0 Å². The lowest BCUT2D eigenvalue weighted by molar-refractivity contribution is 0.0639. The van der Waals surface area contributed by atoms with Crippen molar-refractivity contribution in [3.8, 4) is 0 Å². The van der Waals surface area contributed by atoms with E-state index in [2.05, 4.69) is 24.3 Å². The summed E-state index contributed by atoms with van der Waals surface area (Å²) in [4.78, 5) is 0. The Kier molecular flexibility index (Phi) is 2.52. The average Bonchev–Trinajstić information content (AvgIpc) is 3.35. The first-order chi connectivity index (χ1) is 10.6. The maximum Gasteiger partial charge on any atom is 0.127 e. The molecule has 2 N–H and O–H groups in total. The van der Waals surface area contributed by atoms with Crippen LogP contribution in [0.15, 0.2) is 24.3 Å². The molecule has 0 aromatic rings. The summed E-state index contributed by atoms with van der Waals surface area (Å²) in [6.07, 6.45) is 16.1. The molecule has 0 radical (unpaired) electrons. The molecule has 22 heavy (non-hydrogen) atoms. The molecule has 6 rings (SSSR count). The molecule has 2 aliphatic heterocycles. The maximum atomic E-state index is 9.66. The molecule has 4 fully saturated rings. The van der Waals surface area contributed by atoms with Crippen molar-refractivity contribution < 1.29 is 19.7 Å². The normalized spacial score (nSPS) is 58.8. The maximum absolute atomic E-state index is 9.66. The molecular weight excluding hydrogens is 280 g/mol. The molecule has 2 saturated carbocycles. The topological polar surface area (TPSA) is 65.5 Å². The fourth-order valence-electron chi connectivity index (χ4n) is 5.55. The van der Waals surface area contributed by atoms with Gasteiger partial charge in [0.1, 0.15) is 22.4 Å². The Bertz CT molecular complexity index is 521. The number of rotatable bonds is 0. The Morgan fingerprint density at radius 3 is 1.50 bits per heavy atom. The zero-order valence-electron chi connectivity index (χ0n) is 12.8. The van der Waals surface area contributed by atoms with Crippen LogP contribution in [0.2, 0.25) is 0 Å². The summed E-state index contributed by atoms with van der Waals surface area (Å²) in [7, 11) is 0. The van der Waals surface area contributed by atoms with E-state index in [9.17, 15) is 10.2 Å². The summed E-state index contributed by atoms with van der Waals surface area (Å²) in [5.41, 5.74) is -0.133. The SMILES string of the molecule is O[C@@H]1CC[C@]23CC=CC[C@]12O3.O[C@H]1CC[C@]23CC=CC[C@]12O3. The molecule has 6 atom stereocenters. The molecule has 120 valence electrons. The van der Waals surface area contributed by atoms with Gasteiger partial charge in [0, 0.05) is 0 Å². The second-order valence-corrected chi connectivity index (χ2v) is 7.84. The Morgan fingerprint density at radius 1 is 0.682 bits per heavy atom. The largest absolute Gasteiger partial charge is 0.390 e. The van der Waals surface area contributed by atoms with Crippen LogP contribution in [0.4, 0.5) is 0 Å². The molecule has 0 spiro atoms. The van der Waals surface area contributed by atoms with Crippen LogP contribution in [-0.2, 0) is 9.47 Å². The minimum absolute atomic E-state index is 0.0706. The standard InChI is InChI=1S/2C9H12O2/c2*10-7-3-6-8-4-1-2-5-9(7,8)11-8/h2*1-2,7,10H,3-6H2/t7-,8+,9-;7-,8-,9+/m01/s1. The van der Waals surface area contributed by atoms with Crippen LogP contribution in [0.1, 0.15) is 51.4 Å². The summed E-state index contributed by atoms with van der Waals surface area (Å²) in [5.74, 6) is 0. The van der Waals surface area contributed by atoms with Gasteiger partial charge in [-0.1, -0.05) is 24.3 Å². The fraction of sp³-hybridized carbons (Fsp3) is 0.778. The van der Waals surface area contributed by atoms with E-state index in [-0.39, 0.29) is 34.6 Å². The predicted octanol–water partition coefficient (Wildman–Crippen LogP) is 2.00. The number of hydrogen-bond donors (Lipinski definition) is 2. The highest BCUT2D eigenvalue weighted by Crippen LogP contribution is 2.65. The zero-order chi connectivity index (χ0) is 15.1. The highest BCUT2D eigenvalue weighted by molar-refractivity contribution is 5.31. The minimum atomic E-state index is -0.201. The molecule has 0 aromatic heterocycles. The van der Waals surface area contributed by atoms with E-state index in [4.69, 9.17) is 9.47 Å². The minimum Gasteiger partial charge on any atom is -0.390 e. The van der Waals surface area contributed by atoms with Gasteiger partial charge in [-0.15, -0.1) is 0 Å². The number of aliphatic hydroxyl groups is 2. The van der Waals surface area contributed by atoms with Crippen LogP contribution < -0.4 is 0 Å². The van der Waals surface area contributed by atoms with Crippen molar-refractivity contribution in [2.24, 2.45) is 0 Å². The number of epoxide rings is 2. The highest BCUT2D eigenvalue weighted by atomic mass is 16.7. The molecule has 4 heteroatoms. The predicted molar refractivity (Wildman–Crippen MR) is 80.3 cm³/mol. The van der Waals surface area contributed by atoms with Gasteiger partial charge >= 0.3 is 0 Å². The molecule has 0 unspecified atom stereocenters. The molecule has 4 aliphatic carbocycles. The average molecular weight is 304 g/mol. The van der Waals surface area contributed by atoms with Gasteiger partial charge in [0.05, 0.1) is 12.2 Å². The Morgan fingerprint density at radius 2 is 1.09 bits per heavy atom. The molecule has 0 amide bonds. The van der Waals surface area contributed by atoms with Gasteiger partial charge in [-0.25, -0.2) is 0 Å². The van der Waals surface area contributed by atoms with E-state index in [1.54, 1.807) is 0 Å². The van der Waals surface area contributed by atoms with E-state index < -0.39 is 0 Å². The van der Waals surface area contributed by atoms with E-state index in [1.165, 1.54) is 0 Å². The van der Waals surface area contributed by atoms with Crippen molar-refractivity contribution in [3.63, 3.8) is 0 Å². The number of ether oxygens (including phenoxy) is 2. The smallest absolute Gasteiger partial charge is 0.127 e. The third-order valence-corrected chi connectivity index (χ3v) is 7.00. The van der Waals surface area contributed by atoms with Crippen molar-refractivity contribution in [1.29, 1.82) is 0 Å². The van der Waals surface area contributed by atoms with Crippen molar-refractivity contribution in [1.82, 2.24) is 0 Å². The van der Waals surface area contributed by atoms with Crippen molar-refractivity contribution in [3.05, 3.63) is 24.3 Å². The fourth-order valence-corrected chi connectivity index (χ4v) is 5.55. The first kappa shape index (κ1) is 13.7. The quantitative estimate of drug-likeness (QED) is 0.531. The lowest BCUT2D eigenvalue weighted by Crippen LogP contribution is -2.31. The van der Waals surface area contributed by atoms with Gasteiger partial charge in [0.15, 0.2) is 0 Å². The summed E-state index contributed by atoms with van der Waals surface area (Å²) in [6, 6.07) is 0. The van der Waals surface area contributed by atoms with Gasteiger partial charge in [-0.05, 0) is 51.4 Å². The lowest BCUT2D eigenvalue weighted by atomic mass is 9.85. The van der Waals surface area contributed by atoms with Gasteiger partial charge < -0.3 is 19.7 Å². The molecular formula is C18H24O4. The molecule has 0 bridgehead atoms. The van der Waals surface area contributed by atoms with Gasteiger partial charge in [0.25, 0.3) is 0 Å². The Labute approximate surface area is 130 Å². The second-order valence-electron chi connectivity index (χ2n) is 7.84. The molecule has 4 nitrogen and oxygen atoms in total. The highest BCUT2D eigenvalue weighted by Gasteiger charge is 2.76. The summed E-state index contributed by atoms with van der Waals surface area (Å²) >= 11 is 0. The van der Waals surface area contributed by atoms with Crippen molar-refractivity contribution in [2.45, 2.75) is 86.0 Å². The third-order valence-electron chi connectivity index (χ3n) is 7.00. The lowest BCUT2D eigenvalue weighted by Gasteiger charge is -2.15. The van der Waals surface area contributed by atoms with Crippen LogP contribution in [-0.4, -0.2) is 44.8 Å². The van der Waals surface area contributed by atoms with Crippen molar-refractivity contribution >= 4 is 0 Å². The van der Waals surface area contributed by atoms with Gasteiger partial charge in [-0.2, -0.15) is 0 Å². The van der Waals surface area contributed by atoms with E-state index >= 15 is 0 Å². The van der Waals surface area contributed by atoms with Crippen molar-refractivity contribution in [2.75, 3.05) is 0 Å². The number of aliphatic hydroxyl groups excluding tert-OH is 2. The van der Waals surface area contributed by atoms with Crippen LogP contribution in [0.25, 0.3) is 0 Å². The van der Waals surface area contributed by atoms with Crippen LogP contribution in [0.5, 0.6) is 0 Å². The molecule has 2 heterocycles. The van der Waals surface area contributed by atoms with Crippen LogP contribution in [0, 0.1) is 0 Å². The van der Waals surface area contributed by atoms with E-state index in [0.717, 1.165) is 51.4 Å². The second kappa shape index (κ2) is 4.04. The summed E-state index contributed by atoms with van der Waals surface area (Å²) in [5, 5.41) is 19.3. The Hall–Kier alpha value is -0.680. The van der Waals surface area contributed by atoms with Gasteiger partial charge in [-0.3, -0.25) is 0 Å². The monoisotopic (exact) mass is 304 g/mol. The summed E-state index contributed by atoms with van der Waals surface area (Å²) < 4.78 is 11.4. The third kappa shape index (κ3) is 1.43. The number of hydrogen-bond acceptors (Lipinski definition) is 4. The van der Waals surface area contributed by atoms with Gasteiger partial charge in [0.2, 0.25) is 0 Å². The molecule has 2 saturated heterocycles. The molecule has 6 aliphatic rings. The molecule has 0 aromatic carbocycles. The first-order valence-corrected chi connectivity index (χ1v) is 8.65. The summed E-state index contributed by atoms with van der Waals surface area (Å²) in [6.45, 7) is 0. The van der Waals surface area contributed by atoms with Crippen LogP contribution in [0.3, 0.4) is 0 Å². The Balaban J connectivity index is 0.000000102. The van der Waals surface area contributed by atoms with E-state index in [0.29, 0.717) is 0 Å².